The number of aliphatic hydroxyl groups is 1. The first kappa shape index (κ1) is 9.44. The predicted molar refractivity (Wildman–Crippen MR) is 48.3 cm³/mol. The Kier molecular flexibility index (Phi) is 1.95. The van der Waals surface area contributed by atoms with Crippen molar-refractivity contribution in [2.45, 2.75) is 51.1 Å². The minimum atomic E-state index is -0.479. The lowest BCUT2D eigenvalue weighted by molar-refractivity contribution is -0.169. The summed E-state index contributed by atoms with van der Waals surface area (Å²) in [4.78, 5) is 0. The lowest BCUT2D eigenvalue weighted by Gasteiger charge is -2.23. The van der Waals surface area contributed by atoms with Gasteiger partial charge in [-0.2, -0.15) is 0 Å². The molecule has 1 aliphatic heterocycles. The summed E-state index contributed by atoms with van der Waals surface area (Å²) < 4.78 is 11.7. The smallest absolute Gasteiger partial charge is 0.164 e. The quantitative estimate of drug-likeness (QED) is 0.671. The second-order valence-electron chi connectivity index (χ2n) is 4.83. The minimum absolute atomic E-state index is 0.0764. The zero-order chi connectivity index (χ0) is 9.69. The van der Waals surface area contributed by atoms with Crippen LogP contribution in [0.25, 0.3) is 0 Å². The molecule has 0 aromatic carbocycles. The molecule has 0 radical (unpaired) electrons. The Morgan fingerprint density at radius 2 is 2.08 bits per heavy atom. The molecule has 1 N–H and O–H groups in total. The Hall–Kier alpha value is -0.120. The van der Waals surface area contributed by atoms with Gasteiger partial charge in [-0.05, 0) is 33.6 Å². The summed E-state index contributed by atoms with van der Waals surface area (Å²) in [7, 11) is 0. The molecule has 2 aliphatic rings. The van der Waals surface area contributed by atoms with Crippen LogP contribution < -0.4 is 0 Å². The van der Waals surface area contributed by atoms with Gasteiger partial charge in [0.15, 0.2) is 5.79 Å². The average molecular weight is 186 g/mol. The molecule has 1 heterocycles. The third kappa shape index (κ3) is 1.39. The SMILES string of the molecule is CC1(C)O[C@@H]2[C@@H](CO)CC[C@]2(C)O1. The molecule has 76 valence electrons. The van der Waals surface area contributed by atoms with Crippen molar-refractivity contribution in [2.24, 2.45) is 5.92 Å². The standard InChI is InChI=1S/C10H18O3/c1-9(2)12-8-7(6-11)4-5-10(8,3)13-9/h7-8,11H,4-6H2,1-3H3/t7-,8-,10+/m1/s1. The molecule has 1 saturated carbocycles. The van der Waals surface area contributed by atoms with Crippen molar-refractivity contribution < 1.29 is 14.6 Å². The van der Waals surface area contributed by atoms with Crippen molar-refractivity contribution in [3.63, 3.8) is 0 Å². The number of aliphatic hydroxyl groups excluding tert-OH is 1. The Morgan fingerprint density at radius 3 is 2.69 bits per heavy atom. The fourth-order valence-corrected chi connectivity index (χ4v) is 2.67. The zero-order valence-electron chi connectivity index (χ0n) is 8.54. The third-order valence-corrected chi connectivity index (χ3v) is 3.17. The van der Waals surface area contributed by atoms with E-state index in [2.05, 4.69) is 6.92 Å². The first-order chi connectivity index (χ1) is 5.97. The maximum atomic E-state index is 9.16. The first-order valence-electron chi connectivity index (χ1n) is 4.96. The van der Waals surface area contributed by atoms with Gasteiger partial charge in [-0.1, -0.05) is 0 Å². The topological polar surface area (TPSA) is 38.7 Å². The molecule has 3 atom stereocenters. The van der Waals surface area contributed by atoms with E-state index in [0.717, 1.165) is 12.8 Å². The molecule has 0 amide bonds. The van der Waals surface area contributed by atoms with Gasteiger partial charge in [0, 0.05) is 12.5 Å². The van der Waals surface area contributed by atoms with Crippen LogP contribution in [0.3, 0.4) is 0 Å². The molecule has 0 bridgehead atoms. The van der Waals surface area contributed by atoms with Crippen LogP contribution in [0.1, 0.15) is 33.6 Å². The van der Waals surface area contributed by atoms with Crippen LogP contribution in [-0.4, -0.2) is 29.2 Å². The van der Waals surface area contributed by atoms with E-state index in [1.165, 1.54) is 0 Å². The average Bonchev–Trinajstić information content (AvgIpc) is 2.38. The largest absolute Gasteiger partial charge is 0.396 e. The molecule has 0 spiro atoms. The van der Waals surface area contributed by atoms with Gasteiger partial charge < -0.3 is 14.6 Å². The molecule has 0 unspecified atom stereocenters. The number of rotatable bonds is 1. The van der Waals surface area contributed by atoms with Gasteiger partial charge in [-0.3, -0.25) is 0 Å². The van der Waals surface area contributed by atoms with Crippen LogP contribution in [0.15, 0.2) is 0 Å². The summed E-state index contributed by atoms with van der Waals surface area (Å²) in [6.07, 6.45) is 2.08. The summed E-state index contributed by atoms with van der Waals surface area (Å²) >= 11 is 0. The van der Waals surface area contributed by atoms with Crippen LogP contribution in [0.5, 0.6) is 0 Å². The van der Waals surface area contributed by atoms with Gasteiger partial charge in [0.05, 0.1) is 11.7 Å². The number of hydrogen-bond acceptors (Lipinski definition) is 3. The minimum Gasteiger partial charge on any atom is -0.396 e. The van der Waals surface area contributed by atoms with Crippen molar-refractivity contribution in [3.05, 3.63) is 0 Å². The zero-order valence-corrected chi connectivity index (χ0v) is 8.54. The second kappa shape index (κ2) is 2.69. The maximum absolute atomic E-state index is 9.16. The first-order valence-corrected chi connectivity index (χ1v) is 4.96. The van der Waals surface area contributed by atoms with E-state index in [9.17, 15) is 0 Å². The van der Waals surface area contributed by atoms with Gasteiger partial charge in [-0.15, -0.1) is 0 Å². The summed E-state index contributed by atoms with van der Waals surface area (Å²) in [6, 6.07) is 0. The Bertz CT molecular complexity index is 214. The van der Waals surface area contributed by atoms with E-state index >= 15 is 0 Å². The van der Waals surface area contributed by atoms with E-state index in [1.54, 1.807) is 0 Å². The highest BCUT2D eigenvalue weighted by Crippen LogP contribution is 2.48. The second-order valence-corrected chi connectivity index (χ2v) is 4.83. The monoisotopic (exact) mass is 186 g/mol. The summed E-state index contributed by atoms with van der Waals surface area (Å²) in [5.41, 5.74) is -0.170. The highest BCUT2D eigenvalue weighted by molar-refractivity contribution is 5.01. The molecular formula is C10H18O3. The number of ether oxygens (including phenoxy) is 2. The molecule has 0 aromatic heterocycles. The van der Waals surface area contributed by atoms with Gasteiger partial charge >= 0.3 is 0 Å². The van der Waals surface area contributed by atoms with Crippen LogP contribution in [0.4, 0.5) is 0 Å². The molecule has 1 aliphatic carbocycles. The van der Waals surface area contributed by atoms with Crippen molar-refractivity contribution in [1.82, 2.24) is 0 Å². The summed E-state index contributed by atoms with van der Waals surface area (Å²) in [5.74, 6) is -0.223. The van der Waals surface area contributed by atoms with Crippen molar-refractivity contribution in [3.8, 4) is 0 Å². The van der Waals surface area contributed by atoms with Crippen LogP contribution in [0.2, 0.25) is 0 Å². The molecule has 13 heavy (non-hydrogen) atoms. The fraction of sp³-hybridized carbons (Fsp3) is 1.00. The summed E-state index contributed by atoms with van der Waals surface area (Å²) in [6.45, 7) is 6.16. The molecule has 1 saturated heterocycles. The molecule has 3 nitrogen and oxygen atoms in total. The van der Waals surface area contributed by atoms with Crippen molar-refractivity contribution in [2.75, 3.05) is 6.61 Å². The summed E-state index contributed by atoms with van der Waals surface area (Å²) in [5, 5.41) is 9.16. The molecule has 2 fully saturated rings. The number of fused-ring (bicyclic) bond motifs is 1. The van der Waals surface area contributed by atoms with Crippen LogP contribution >= 0.6 is 0 Å². The van der Waals surface area contributed by atoms with Crippen LogP contribution in [-0.2, 0) is 9.47 Å². The highest BCUT2D eigenvalue weighted by Gasteiger charge is 2.56. The van der Waals surface area contributed by atoms with Gasteiger partial charge in [0.2, 0.25) is 0 Å². The normalized spacial score (nSPS) is 48.0. The Morgan fingerprint density at radius 1 is 1.38 bits per heavy atom. The maximum Gasteiger partial charge on any atom is 0.164 e. The molecular weight excluding hydrogens is 168 g/mol. The van der Waals surface area contributed by atoms with E-state index in [0.29, 0.717) is 0 Å². The van der Waals surface area contributed by atoms with Gasteiger partial charge in [0.25, 0.3) is 0 Å². The Labute approximate surface area is 79.0 Å². The van der Waals surface area contributed by atoms with E-state index in [4.69, 9.17) is 14.6 Å². The van der Waals surface area contributed by atoms with E-state index < -0.39 is 5.79 Å². The molecule has 2 rings (SSSR count). The predicted octanol–water partition coefficient (Wildman–Crippen LogP) is 1.30. The molecule has 0 aromatic rings. The fourth-order valence-electron chi connectivity index (χ4n) is 2.67. The van der Waals surface area contributed by atoms with Crippen molar-refractivity contribution >= 4 is 0 Å². The van der Waals surface area contributed by atoms with Gasteiger partial charge in [-0.25, -0.2) is 0 Å². The lowest BCUT2D eigenvalue weighted by atomic mass is 9.99. The molecule has 3 heteroatoms. The van der Waals surface area contributed by atoms with Crippen LogP contribution in [0, 0.1) is 5.92 Å². The lowest BCUT2D eigenvalue weighted by Crippen LogP contribution is -2.35. The third-order valence-electron chi connectivity index (χ3n) is 3.17. The highest BCUT2D eigenvalue weighted by atomic mass is 16.8. The number of hydrogen-bond donors (Lipinski definition) is 1. The van der Waals surface area contributed by atoms with E-state index in [-0.39, 0.29) is 24.2 Å². The van der Waals surface area contributed by atoms with Crippen molar-refractivity contribution in [1.29, 1.82) is 0 Å². The van der Waals surface area contributed by atoms with E-state index in [1.807, 2.05) is 13.8 Å². The van der Waals surface area contributed by atoms with Gasteiger partial charge in [0.1, 0.15) is 0 Å². The Balaban J connectivity index is 2.18.